The Morgan fingerprint density at radius 3 is 3.20 bits per heavy atom. The van der Waals surface area contributed by atoms with E-state index in [4.69, 9.17) is 4.52 Å². The van der Waals surface area contributed by atoms with Gasteiger partial charge in [0.1, 0.15) is 0 Å². The van der Waals surface area contributed by atoms with Crippen molar-refractivity contribution in [3.8, 4) is 0 Å². The van der Waals surface area contributed by atoms with Crippen molar-refractivity contribution in [3.05, 3.63) is 22.9 Å². The van der Waals surface area contributed by atoms with Gasteiger partial charge in [0.15, 0.2) is 0 Å². The third kappa shape index (κ3) is 0.806. The van der Waals surface area contributed by atoms with E-state index in [0.29, 0.717) is 5.71 Å². The van der Waals surface area contributed by atoms with Gasteiger partial charge in [-0.3, -0.25) is 0 Å². The quantitative estimate of drug-likeness (QED) is 0.651. The van der Waals surface area contributed by atoms with Crippen LogP contribution in [0.2, 0.25) is 0 Å². The van der Waals surface area contributed by atoms with Gasteiger partial charge in [0.05, 0.1) is 11.6 Å². The zero-order valence-electron chi connectivity index (χ0n) is 4.91. The van der Waals surface area contributed by atoms with Crippen LogP contribution in [-0.4, -0.2) is 10.1 Å². The van der Waals surface area contributed by atoms with Crippen LogP contribution in [0.15, 0.2) is 27.5 Å². The molecule has 4 heteroatoms. The molecule has 0 saturated carbocycles. The summed E-state index contributed by atoms with van der Waals surface area (Å²) in [6, 6.07) is 1.90. The van der Waals surface area contributed by atoms with Crippen molar-refractivity contribution in [2.75, 3.05) is 0 Å². The zero-order valence-corrected chi connectivity index (χ0v) is 6.50. The molecule has 2 aromatic rings. The van der Waals surface area contributed by atoms with Crippen LogP contribution in [0, 0.1) is 0 Å². The number of nitrogens with zero attached hydrogens (tertiary/aromatic N) is 2. The van der Waals surface area contributed by atoms with Crippen LogP contribution in [0.3, 0.4) is 0 Å². The molecule has 0 amide bonds. The predicted octanol–water partition coefficient (Wildman–Crippen LogP) is 1.99. The van der Waals surface area contributed by atoms with Crippen LogP contribution in [0.4, 0.5) is 0 Å². The molecule has 0 spiro atoms. The van der Waals surface area contributed by atoms with Crippen molar-refractivity contribution in [1.82, 2.24) is 10.1 Å². The van der Waals surface area contributed by atoms with Crippen LogP contribution >= 0.6 is 15.9 Å². The molecule has 0 aliphatic carbocycles. The Hall–Kier alpha value is -0.900. The molecule has 3 nitrogen and oxygen atoms in total. The van der Waals surface area contributed by atoms with Gasteiger partial charge in [-0.1, -0.05) is 5.16 Å². The molecule has 2 rings (SSSR count). The third-order valence-electron chi connectivity index (χ3n) is 1.18. The summed E-state index contributed by atoms with van der Waals surface area (Å²) in [6.07, 6.45) is 3.31. The van der Waals surface area contributed by atoms with E-state index in [1.807, 2.05) is 6.07 Å². The first-order valence-electron chi connectivity index (χ1n) is 2.72. The number of halogens is 1. The van der Waals surface area contributed by atoms with E-state index in [9.17, 15) is 0 Å². The Kier molecular flexibility index (Phi) is 1.20. The van der Waals surface area contributed by atoms with Gasteiger partial charge in [-0.15, -0.1) is 0 Å². The molecule has 10 heavy (non-hydrogen) atoms. The second kappa shape index (κ2) is 2.05. The van der Waals surface area contributed by atoms with Crippen molar-refractivity contribution >= 4 is 27.0 Å². The van der Waals surface area contributed by atoms with Gasteiger partial charge in [-0.25, -0.2) is 4.98 Å². The topological polar surface area (TPSA) is 38.9 Å². The molecule has 50 valence electrons. The van der Waals surface area contributed by atoms with E-state index in [1.165, 1.54) is 0 Å². The minimum Gasteiger partial charge on any atom is -0.336 e. The minimum atomic E-state index is 0.572. The maximum atomic E-state index is 4.79. The van der Waals surface area contributed by atoms with E-state index in [0.717, 1.165) is 9.86 Å². The van der Waals surface area contributed by atoms with Gasteiger partial charge >= 0.3 is 0 Å². The van der Waals surface area contributed by atoms with Crippen molar-refractivity contribution < 1.29 is 4.52 Å². The molecule has 0 N–H and O–H groups in total. The summed E-state index contributed by atoms with van der Waals surface area (Å²) >= 11 is 3.29. The van der Waals surface area contributed by atoms with Gasteiger partial charge < -0.3 is 4.52 Å². The highest BCUT2D eigenvalue weighted by Crippen LogP contribution is 2.15. The molecule has 2 heterocycles. The van der Waals surface area contributed by atoms with Crippen LogP contribution < -0.4 is 0 Å². The molecule has 0 aromatic carbocycles. The Bertz CT molecular complexity index is 357. The lowest BCUT2D eigenvalue weighted by Gasteiger charge is -1.84. The predicted molar refractivity (Wildman–Crippen MR) is 39.5 cm³/mol. The first-order valence-corrected chi connectivity index (χ1v) is 3.51. The normalized spacial score (nSPS) is 10.5. The average molecular weight is 199 g/mol. The molecule has 0 fully saturated rings. The van der Waals surface area contributed by atoms with Crippen LogP contribution in [0.1, 0.15) is 0 Å². The molecule has 0 aliphatic heterocycles. The van der Waals surface area contributed by atoms with E-state index in [-0.39, 0.29) is 0 Å². The van der Waals surface area contributed by atoms with Crippen molar-refractivity contribution in [1.29, 1.82) is 0 Å². The number of hydrogen-bond acceptors (Lipinski definition) is 3. The highest BCUT2D eigenvalue weighted by Gasteiger charge is 1.97. The summed E-state index contributed by atoms with van der Waals surface area (Å²) in [5.74, 6) is 0. The largest absolute Gasteiger partial charge is 0.336 e. The molecular weight excluding hydrogens is 196 g/mol. The molecule has 0 saturated heterocycles. The second-order valence-electron chi connectivity index (χ2n) is 1.87. The first-order chi connectivity index (χ1) is 4.86. The summed E-state index contributed by atoms with van der Waals surface area (Å²) in [5.41, 5.74) is 0.572. The van der Waals surface area contributed by atoms with E-state index in [1.54, 1.807) is 12.4 Å². The van der Waals surface area contributed by atoms with Crippen molar-refractivity contribution in [2.45, 2.75) is 0 Å². The molecule has 0 atom stereocenters. The monoisotopic (exact) mass is 198 g/mol. The highest BCUT2D eigenvalue weighted by atomic mass is 79.9. The van der Waals surface area contributed by atoms with Gasteiger partial charge in [-0.05, 0) is 22.0 Å². The van der Waals surface area contributed by atoms with E-state index < -0.39 is 0 Å². The molecule has 2 aromatic heterocycles. The fourth-order valence-corrected chi connectivity index (χ4v) is 1.09. The standard InChI is InChI=1S/C6H3BrN2O/c7-5-1-4-2-9-10-6(4)8-3-5/h1-3H. The SMILES string of the molecule is Brc1cnc2oncc2c1. The average Bonchev–Trinajstić information content (AvgIpc) is 2.33. The summed E-state index contributed by atoms with van der Waals surface area (Å²) in [4.78, 5) is 3.96. The molecule has 0 unspecified atom stereocenters. The Morgan fingerprint density at radius 1 is 1.40 bits per heavy atom. The Balaban J connectivity index is 2.86. The summed E-state index contributed by atoms with van der Waals surface area (Å²) in [6.45, 7) is 0. The lowest BCUT2D eigenvalue weighted by molar-refractivity contribution is 0.448. The summed E-state index contributed by atoms with van der Waals surface area (Å²) in [7, 11) is 0. The van der Waals surface area contributed by atoms with E-state index >= 15 is 0 Å². The van der Waals surface area contributed by atoms with Gasteiger partial charge in [0.25, 0.3) is 5.71 Å². The number of hydrogen-bond donors (Lipinski definition) is 0. The number of rotatable bonds is 0. The molecular formula is C6H3BrN2O. The van der Waals surface area contributed by atoms with Crippen molar-refractivity contribution in [3.63, 3.8) is 0 Å². The summed E-state index contributed by atoms with van der Waals surface area (Å²) < 4.78 is 5.72. The fraction of sp³-hybridized carbons (Fsp3) is 0. The number of aromatic nitrogens is 2. The maximum Gasteiger partial charge on any atom is 0.257 e. The number of pyridine rings is 1. The second-order valence-corrected chi connectivity index (χ2v) is 2.79. The molecule has 0 radical (unpaired) electrons. The Morgan fingerprint density at radius 2 is 2.30 bits per heavy atom. The molecule has 0 bridgehead atoms. The zero-order chi connectivity index (χ0) is 6.97. The van der Waals surface area contributed by atoms with Crippen LogP contribution in [0.25, 0.3) is 11.1 Å². The van der Waals surface area contributed by atoms with Gasteiger partial charge in [0, 0.05) is 10.7 Å². The first kappa shape index (κ1) is 5.85. The third-order valence-corrected chi connectivity index (χ3v) is 1.61. The highest BCUT2D eigenvalue weighted by molar-refractivity contribution is 9.10. The smallest absolute Gasteiger partial charge is 0.257 e. The summed E-state index contributed by atoms with van der Waals surface area (Å²) in [5, 5.41) is 4.50. The lowest BCUT2D eigenvalue weighted by atomic mass is 10.4. The minimum absolute atomic E-state index is 0.572. The molecule has 0 aliphatic rings. The van der Waals surface area contributed by atoms with E-state index in [2.05, 4.69) is 26.1 Å². The Labute approximate surface area is 65.2 Å². The maximum absolute atomic E-state index is 4.79. The van der Waals surface area contributed by atoms with Gasteiger partial charge in [-0.2, -0.15) is 0 Å². The van der Waals surface area contributed by atoms with Crippen LogP contribution in [-0.2, 0) is 0 Å². The van der Waals surface area contributed by atoms with Gasteiger partial charge in [0.2, 0.25) is 0 Å². The van der Waals surface area contributed by atoms with Crippen molar-refractivity contribution in [2.24, 2.45) is 0 Å². The lowest BCUT2D eigenvalue weighted by Crippen LogP contribution is -1.70. The van der Waals surface area contributed by atoms with Crippen LogP contribution in [0.5, 0.6) is 0 Å². The number of fused-ring (bicyclic) bond motifs is 1. The fourth-order valence-electron chi connectivity index (χ4n) is 0.744.